The van der Waals surface area contributed by atoms with Crippen molar-refractivity contribution in [2.45, 2.75) is 13.3 Å². The summed E-state index contributed by atoms with van der Waals surface area (Å²) in [5.41, 5.74) is 0. The fourth-order valence-electron chi connectivity index (χ4n) is 1.52. The van der Waals surface area contributed by atoms with Crippen molar-refractivity contribution in [2.24, 2.45) is 5.92 Å². The summed E-state index contributed by atoms with van der Waals surface area (Å²) in [6, 6.07) is 3.92. The molecular weight excluding hydrogens is 288 g/mol. The van der Waals surface area contributed by atoms with Crippen molar-refractivity contribution in [1.82, 2.24) is 5.32 Å². The topological polar surface area (TPSA) is 32.3 Å². The molecule has 90 valence electrons. The van der Waals surface area contributed by atoms with Gasteiger partial charge in [-0.15, -0.1) is 11.3 Å². The van der Waals surface area contributed by atoms with E-state index >= 15 is 0 Å². The van der Waals surface area contributed by atoms with E-state index in [0.717, 1.165) is 21.8 Å². The van der Waals surface area contributed by atoms with Gasteiger partial charge >= 0.3 is 0 Å². The lowest BCUT2D eigenvalue weighted by atomic mass is 10.1. The number of carbonyl (C=O) groups excluding carboxylic acids is 1. The number of halogens is 1. The molecule has 1 amide bonds. The second-order valence-electron chi connectivity index (χ2n) is 3.64. The molecule has 5 heteroatoms. The Kier molecular flexibility index (Phi) is 5.44. The maximum Gasteiger partial charge on any atom is 0.231 e. The van der Waals surface area contributed by atoms with Crippen LogP contribution in [0.15, 0.2) is 15.9 Å². The van der Waals surface area contributed by atoms with Gasteiger partial charge in [0, 0.05) is 13.6 Å². The summed E-state index contributed by atoms with van der Waals surface area (Å²) in [4.78, 5) is 13.9. The Hall–Kier alpha value is -0.390. The number of nitrogens with one attached hydrogen (secondary N) is 1. The van der Waals surface area contributed by atoms with Gasteiger partial charge in [-0.2, -0.15) is 0 Å². The molecule has 0 spiro atoms. The van der Waals surface area contributed by atoms with Gasteiger partial charge in [0.2, 0.25) is 5.91 Å². The summed E-state index contributed by atoms with van der Waals surface area (Å²) in [5, 5.41) is 4.04. The molecule has 0 aliphatic heterocycles. The highest BCUT2D eigenvalue weighted by Crippen LogP contribution is 2.30. The van der Waals surface area contributed by atoms with Gasteiger partial charge in [-0.25, -0.2) is 0 Å². The predicted molar refractivity (Wildman–Crippen MR) is 73.1 cm³/mol. The van der Waals surface area contributed by atoms with Gasteiger partial charge < -0.3 is 10.2 Å². The zero-order chi connectivity index (χ0) is 12.1. The van der Waals surface area contributed by atoms with Gasteiger partial charge in [0.25, 0.3) is 0 Å². The molecule has 1 N–H and O–H groups in total. The monoisotopic (exact) mass is 304 g/mol. The van der Waals surface area contributed by atoms with Crippen LogP contribution in [-0.2, 0) is 4.79 Å². The van der Waals surface area contributed by atoms with Gasteiger partial charge in [0.15, 0.2) is 0 Å². The van der Waals surface area contributed by atoms with E-state index in [0.29, 0.717) is 0 Å². The average molecular weight is 305 g/mol. The number of anilines is 1. The molecule has 0 saturated heterocycles. The number of nitrogens with zero attached hydrogens (tertiary/aromatic N) is 1. The highest BCUT2D eigenvalue weighted by Gasteiger charge is 2.21. The smallest absolute Gasteiger partial charge is 0.231 e. The Morgan fingerprint density at radius 3 is 2.75 bits per heavy atom. The number of carbonyl (C=O) groups is 1. The zero-order valence-electron chi connectivity index (χ0n) is 9.79. The zero-order valence-corrected chi connectivity index (χ0v) is 12.2. The maximum absolute atomic E-state index is 12.2. The molecule has 3 nitrogen and oxygen atoms in total. The Bertz CT molecular complexity index is 354. The van der Waals surface area contributed by atoms with Crippen molar-refractivity contribution in [3.05, 3.63) is 15.9 Å². The molecule has 1 heterocycles. The molecule has 16 heavy (non-hydrogen) atoms. The minimum atomic E-state index is 0.0517. The third kappa shape index (κ3) is 3.30. The standard InChI is InChI=1S/C11H17BrN2OS/c1-4-8(7-13-2)11(15)14(3)10-6-5-9(12)16-10/h5-6,8,13H,4,7H2,1-3H3. The van der Waals surface area contributed by atoms with E-state index in [-0.39, 0.29) is 11.8 Å². The molecule has 0 aliphatic rings. The molecule has 1 rings (SSSR count). The van der Waals surface area contributed by atoms with Gasteiger partial charge in [0.1, 0.15) is 0 Å². The first kappa shape index (κ1) is 13.7. The van der Waals surface area contributed by atoms with Crippen molar-refractivity contribution in [1.29, 1.82) is 0 Å². The number of rotatable bonds is 5. The van der Waals surface area contributed by atoms with E-state index in [1.807, 2.05) is 33.2 Å². The molecule has 0 radical (unpaired) electrons. The van der Waals surface area contributed by atoms with Gasteiger partial charge in [-0.3, -0.25) is 4.79 Å². The van der Waals surface area contributed by atoms with Crippen molar-refractivity contribution in [3.63, 3.8) is 0 Å². The van der Waals surface area contributed by atoms with Crippen LogP contribution in [0.5, 0.6) is 0 Å². The maximum atomic E-state index is 12.2. The molecular formula is C11H17BrN2OS. The van der Waals surface area contributed by atoms with E-state index < -0.39 is 0 Å². The third-order valence-corrected chi connectivity index (χ3v) is 4.21. The molecule has 1 aromatic rings. The van der Waals surface area contributed by atoms with E-state index in [9.17, 15) is 4.79 Å². The van der Waals surface area contributed by atoms with Crippen LogP contribution in [-0.4, -0.2) is 26.5 Å². The summed E-state index contributed by atoms with van der Waals surface area (Å²) in [7, 11) is 3.70. The molecule has 0 bridgehead atoms. The van der Waals surface area contributed by atoms with Crippen LogP contribution in [0.4, 0.5) is 5.00 Å². The van der Waals surface area contributed by atoms with Crippen LogP contribution in [0.25, 0.3) is 0 Å². The summed E-state index contributed by atoms with van der Waals surface area (Å²) in [6.07, 6.45) is 0.858. The summed E-state index contributed by atoms with van der Waals surface area (Å²) in [6.45, 7) is 2.77. The van der Waals surface area contributed by atoms with Crippen LogP contribution in [0, 0.1) is 5.92 Å². The van der Waals surface area contributed by atoms with Crippen LogP contribution in [0.3, 0.4) is 0 Å². The molecule has 0 fully saturated rings. The summed E-state index contributed by atoms with van der Waals surface area (Å²) in [5.74, 6) is 0.224. The molecule has 0 saturated carbocycles. The Labute approximate surface area is 109 Å². The van der Waals surface area contributed by atoms with Gasteiger partial charge in [-0.05, 0) is 41.5 Å². The second-order valence-corrected chi connectivity index (χ2v) is 6.08. The highest BCUT2D eigenvalue weighted by atomic mass is 79.9. The van der Waals surface area contributed by atoms with E-state index in [2.05, 4.69) is 21.2 Å². The Balaban J connectivity index is 2.72. The van der Waals surface area contributed by atoms with Crippen LogP contribution >= 0.6 is 27.3 Å². The van der Waals surface area contributed by atoms with Crippen LogP contribution < -0.4 is 10.2 Å². The number of thiophene rings is 1. The summed E-state index contributed by atoms with van der Waals surface area (Å²) >= 11 is 4.97. The lowest BCUT2D eigenvalue weighted by Crippen LogP contribution is -2.36. The van der Waals surface area contributed by atoms with Crippen molar-refractivity contribution < 1.29 is 4.79 Å². The molecule has 0 aromatic carbocycles. The lowest BCUT2D eigenvalue weighted by Gasteiger charge is -2.21. The van der Waals surface area contributed by atoms with E-state index in [1.54, 1.807) is 16.2 Å². The van der Waals surface area contributed by atoms with Gasteiger partial charge in [-0.1, -0.05) is 6.92 Å². The van der Waals surface area contributed by atoms with E-state index in [4.69, 9.17) is 0 Å². The largest absolute Gasteiger partial charge is 0.319 e. The highest BCUT2D eigenvalue weighted by molar-refractivity contribution is 9.11. The molecule has 1 aromatic heterocycles. The average Bonchev–Trinajstić information content (AvgIpc) is 2.70. The Morgan fingerprint density at radius 2 is 2.31 bits per heavy atom. The SMILES string of the molecule is CCC(CNC)C(=O)N(C)c1ccc(Br)s1. The lowest BCUT2D eigenvalue weighted by molar-refractivity contribution is -0.122. The summed E-state index contributed by atoms with van der Waals surface area (Å²) < 4.78 is 1.05. The number of hydrogen-bond donors (Lipinski definition) is 1. The van der Waals surface area contributed by atoms with Crippen molar-refractivity contribution >= 4 is 38.2 Å². The fourth-order valence-corrected chi connectivity index (χ4v) is 2.85. The van der Waals surface area contributed by atoms with Crippen LogP contribution in [0.2, 0.25) is 0 Å². The minimum Gasteiger partial charge on any atom is -0.319 e. The number of hydrogen-bond acceptors (Lipinski definition) is 3. The fraction of sp³-hybridized carbons (Fsp3) is 0.545. The predicted octanol–water partition coefficient (Wildman–Crippen LogP) is 2.72. The molecule has 1 atom stereocenters. The first-order valence-electron chi connectivity index (χ1n) is 5.27. The molecule has 1 unspecified atom stereocenters. The normalized spacial score (nSPS) is 12.5. The number of amides is 1. The quantitative estimate of drug-likeness (QED) is 0.907. The first-order chi connectivity index (χ1) is 7.60. The van der Waals surface area contributed by atoms with E-state index in [1.165, 1.54) is 0 Å². The second kappa shape index (κ2) is 6.37. The Morgan fingerprint density at radius 1 is 1.62 bits per heavy atom. The van der Waals surface area contributed by atoms with Crippen molar-refractivity contribution in [2.75, 3.05) is 25.5 Å². The molecule has 0 aliphatic carbocycles. The third-order valence-electron chi connectivity index (χ3n) is 2.51. The minimum absolute atomic E-state index is 0.0517. The first-order valence-corrected chi connectivity index (χ1v) is 6.88. The van der Waals surface area contributed by atoms with Gasteiger partial charge in [0.05, 0.1) is 14.7 Å². The van der Waals surface area contributed by atoms with Crippen molar-refractivity contribution in [3.8, 4) is 0 Å². The van der Waals surface area contributed by atoms with Crippen LogP contribution in [0.1, 0.15) is 13.3 Å².